The van der Waals surface area contributed by atoms with Crippen LogP contribution in [0.1, 0.15) is 38.8 Å². The summed E-state index contributed by atoms with van der Waals surface area (Å²) in [6, 6.07) is 24.6. The van der Waals surface area contributed by atoms with Crippen molar-refractivity contribution in [3.05, 3.63) is 83.9 Å². The predicted molar refractivity (Wildman–Crippen MR) is 146 cm³/mol. The van der Waals surface area contributed by atoms with Gasteiger partial charge in [-0.15, -0.1) is 0 Å². The molecule has 198 valence electrons. The third kappa shape index (κ3) is 7.82. The zero-order valence-corrected chi connectivity index (χ0v) is 22.1. The third-order valence-corrected chi connectivity index (χ3v) is 5.68. The molecule has 0 aromatic heterocycles. The monoisotopic (exact) mass is 515 g/mol. The summed E-state index contributed by atoms with van der Waals surface area (Å²) < 4.78 is 11.0. The van der Waals surface area contributed by atoms with Crippen LogP contribution in [0.2, 0.25) is 0 Å². The molecular weight excluding hydrogens is 482 g/mol. The predicted octanol–water partition coefficient (Wildman–Crippen LogP) is 5.06. The quantitative estimate of drug-likeness (QED) is 0.366. The lowest BCUT2D eigenvalue weighted by molar-refractivity contribution is -0.123. The lowest BCUT2D eigenvalue weighted by Gasteiger charge is -2.29. The molecule has 1 unspecified atom stereocenters. The number of anilines is 1. The Morgan fingerprint density at radius 2 is 1.61 bits per heavy atom. The molecule has 0 bridgehead atoms. The SMILES string of the molecule is CC(C)(C)OC(=O)NC(C)(CO)C(=O)Nc1ccc(OCCc2ccc(-c3ccccc3C#N)cc2)cc1. The lowest BCUT2D eigenvalue weighted by Crippen LogP contribution is -2.58. The summed E-state index contributed by atoms with van der Waals surface area (Å²) >= 11 is 0. The summed E-state index contributed by atoms with van der Waals surface area (Å²) in [7, 11) is 0. The van der Waals surface area contributed by atoms with Gasteiger partial charge in [0.25, 0.3) is 5.91 Å². The standard InChI is InChI=1S/C30H33N3O5/c1-29(2,3)38-28(36)33-30(4,20-34)27(35)32-24-13-15-25(16-14-24)37-18-17-21-9-11-22(12-10-21)26-8-6-5-7-23(26)19-31/h5-16,34H,17-18,20H2,1-4H3,(H,32,35)(H,33,36). The molecule has 3 N–H and O–H groups in total. The van der Waals surface area contributed by atoms with Gasteiger partial charge in [-0.2, -0.15) is 5.26 Å². The van der Waals surface area contributed by atoms with Crippen molar-refractivity contribution in [2.24, 2.45) is 0 Å². The van der Waals surface area contributed by atoms with E-state index in [9.17, 15) is 20.0 Å². The molecule has 0 radical (unpaired) electrons. The first kappa shape index (κ1) is 28.2. The molecule has 8 nitrogen and oxygen atoms in total. The van der Waals surface area contributed by atoms with Gasteiger partial charge in [0.15, 0.2) is 0 Å². The Kier molecular flexibility index (Phi) is 9.11. The number of hydrogen-bond acceptors (Lipinski definition) is 6. The maximum Gasteiger partial charge on any atom is 0.408 e. The Labute approximate surface area is 223 Å². The number of aliphatic hydroxyl groups excluding tert-OH is 1. The molecule has 0 aliphatic carbocycles. The van der Waals surface area contributed by atoms with Crippen LogP contribution in [-0.4, -0.2) is 41.5 Å². The number of carbonyl (C=O) groups is 2. The highest BCUT2D eigenvalue weighted by Gasteiger charge is 2.36. The second-order valence-electron chi connectivity index (χ2n) is 10.0. The van der Waals surface area contributed by atoms with Crippen LogP contribution in [0.15, 0.2) is 72.8 Å². The number of hydrogen-bond donors (Lipinski definition) is 3. The van der Waals surface area contributed by atoms with E-state index < -0.39 is 29.7 Å². The normalized spacial score (nSPS) is 12.5. The zero-order chi connectivity index (χ0) is 27.8. The van der Waals surface area contributed by atoms with Crippen molar-refractivity contribution >= 4 is 17.7 Å². The smallest absolute Gasteiger partial charge is 0.408 e. The maximum atomic E-state index is 12.7. The van der Waals surface area contributed by atoms with E-state index in [0.717, 1.165) is 16.7 Å². The highest BCUT2D eigenvalue weighted by Crippen LogP contribution is 2.24. The fraction of sp³-hybridized carbons (Fsp3) is 0.300. The van der Waals surface area contributed by atoms with E-state index in [1.165, 1.54) is 6.92 Å². The molecule has 0 spiro atoms. The molecule has 0 aliphatic heterocycles. The molecule has 3 aromatic carbocycles. The minimum atomic E-state index is -1.57. The molecule has 0 saturated carbocycles. The minimum Gasteiger partial charge on any atom is -0.493 e. The number of rotatable bonds is 9. The molecule has 0 aliphatic rings. The largest absolute Gasteiger partial charge is 0.493 e. The van der Waals surface area contributed by atoms with Gasteiger partial charge in [0, 0.05) is 12.1 Å². The summed E-state index contributed by atoms with van der Waals surface area (Å²) in [4.78, 5) is 24.8. The van der Waals surface area contributed by atoms with Crippen molar-refractivity contribution in [3.8, 4) is 22.9 Å². The zero-order valence-electron chi connectivity index (χ0n) is 22.1. The molecule has 3 aromatic rings. The highest BCUT2D eigenvalue weighted by molar-refractivity contribution is 5.99. The van der Waals surface area contributed by atoms with Crippen LogP contribution < -0.4 is 15.4 Å². The van der Waals surface area contributed by atoms with Crippen molar-refractivity contribution in [2.45, 2.75) is 45.3 Å². The topological polar surface area (TPSA) is 121 Å². The molecule has 2 amide bonds. The van der Waals surface area contributed by atoms with Gasteiger partial charge in [-0.25, -0.2) is 4.79 Å². The fourth-order valence-electron chi connectivity index (χ4n) is 3.57. The molecular formula is C30H33N3O5. The van der Waals surface area contributed by atoms with Gasteiger partial charge in [0.05, 0.1) is 24.8 Å². The first-order valence-electron chi connectivity index (χ1n) is 12.3. The summed E-state index contributed by atoms with van der Waals surface area (Å²) in [5.41, 5.74) is 1.83. The van der Waals surface area contributed by atoms with E-state index >= 15 is 0 Å². The average molecular weight is 516 g/mol. The number of carbonyl (C=O) groups excluding carboxylic acids is 2. The molecule has 8 heteroatoms. The van der Waals surface area contributed by atoms with Crippen LogP contribution in [0.4, 0.5) is 10.5 Å². The molecule has 38 heavy (non-hydrogen) atoms. The average Bonchev–Trinajstić information content (AvgIpc) is 2.88. The van der Waals surface area contributed by atoms with Crippen LogP contribution in [0.5, 0.6) is 5.75 Å². The molecule has 0 heterocycles. The van der Waals surface area contributed by atoms with Gasteiger partial charge in [-0.3, -0.25) is 4.79 Å². The van der Waals surface area contributed by atoms with Crippen molar-refractivity contribution in [3.63, 3.8) is 0 Å². The van der Waals surface area contributed by atoms with E-state index in [2.05, 4.69) is 16.7 Å². The number of nitrogens with zero attached hydrogens (tertiary/aromatic N) is 1. The molecule has 3 rings (SSSR count). The Morgan fingerprint density at radius 1 is 0.947 bits per heavy atom. The molecule has 0 saturated heterocycles. The Hall–Kier alpha value is -4.35. The summed E-state index contributed by atoms with van der Waals surface area (Å²) in [5, 5.41) is 24.2. The van der Waals surface area contributed by atoms with E-state index in [4.69, 9.17) is 9.47 Å². The number of ether oxygens (including phenoxy) is 2. The maximum absolute atomic E-state index is 12.7. The van der Waals surface area contributed by atoms with Gasteiger partial charge in [0.2, 0.25) is 0 Å². The van der Waals surface area contributed by atoms with Gasteiger partial charge in [-0.1, -0.05) is 42.5 Å². The summed E-state index contributed by atoms with van der Waals surface area (Å²) in [5.74, 6) is 0.0553. The van der Waals surface area contributed by atoms with E-state index in [1.807, 2.05) is 42.5 Å². The second kappa shape index (κ2) is 12.3. The minimum absolute atomic E-state index is 0.461. The van der Waals surface area contributed by atoms with Gasteiger partial charge in [-0.05, 0) is 74.7 Å². The van der Waals surface area contributed by atoms with Gasteiger partial charge < -0.3 is 25.2 Å². The number of amides is 2. The van der Waals surface area contributed by atoms with Crippen molar-refractivity contribution in [2.75, 3.05) is 18.5 Å². The second-order valence-corrected chi connectivity index (χ2v) is 10.0. The van der Waals surface area contributed by atoms with E-state index in [1.54, 1.807) is 51.1 Å². The van der Waals surface area contributed by atoms with E-state index in [0.29, 0.717) is 30.0 Å². The fourth-order valence-corrected chi connectivity index (χ4v) is 3.57. The molecule has 1 atom stereocenters. The van der Waals surface area contributed by atoms with Gasteiger partial charge >= 0.3 is 6.09 Å². The Balaban J connectivity index is 1.51. The van der Waals surface area contributed by atoms with Crippen LogP contribution in [0, 0.1) is 11.3 Å². The van der Waals surface area contributed by atoms with Crippen molar-refractivity contribution < 1.29 is 24.2 Å². The van der Waals surface area contributed by atoms with Crippen LogP contribution in [-0.2, 0) is 16.0 Å². The number of nitrogens with one attached hydrogen (secondary N) is 2. The lowest BCUT2D eigenvalue weighted by atomic mass is 9.99. The summed E-state index contributed by atoms with van der Waals surface area (Å²) in [6.45, 7) is 6.40. The third-order valence-electron chi connectivity index (χ3n) is 5.68. The van der Waals surface area contributed by atoms with Crippen molar-refractivity contribution in [1.29, 1.82) is 5.26 Å². The van der Waals surface area contributed by atoms with Gasteiger partial charge in [0.1, 0.15) is 16.9 Å². The molecule has 0 fully saturated rings. The van der Waals surface area contributed by atoms with Crippen LogP contribution in [0.25, 0.3) is 11.1 Å². The number of aliphatic hydroxyl groups is 1. The highest BCUT2D eigenvalue weighted by atomic mass is 16.6. The summed E-state index contributed by atoms with van der Waals surface area (Å²) in [6.07, 6.45) is -0.0984. The van der Waals surface area contributed by atoms with Crippen LogP contribution in [0.3, 0.4) is 0 Å². The number of nitriles is 1. The first-order chi connectivity index (χ1) is 18.0. The number of alkyl carbamates (subject to hydrolysis) is 1. The Morgan fingerprint density at radius 3 is 2.21 bits per heavy atom. The van der Waals surface area contributed by atoms with Crippen molar-refractivity contribution in [1.82, 2.24) is 5.32 Å². The van der Waals surface area contributed by atoms with Crippen LogP contribution >= 0.6 is 0 Å². The number of benzene rings is 3. The Bertz CT molecular complexity index is 1290. The van der Waals surface area contributed by atoms with E-state index in [-0.39, 0.29) is 0 Å². The first-order valence-corrected chi connectivity index (χ1v) is 12.3.